The minimum Gasteiger partial charge on any atom is -0.481 e. The van der Waals surface area contributed by atoms with Gasteiger partial charge in [-0.15, -0.1) is 0 Å². The number of hydrogen-bond donors (Lipinski definition) is 1. The van der Waals surface area contributed by atoms with Crippen molar-refractivity contribution in [3.63, 3.8) is 0 Å². The van der Waals surface area contributed by atoms with Gasteiger partial charge in [-0.2, -0.15) is 0 Å². The predicted molar refractivity (Wildman–Crippen MR) is 97.5 cm³/mol. The molecule has 1 aliphatic rings. The second-order valence-corrected chi connectivity index (χ2v) is 7.34. The number of hydrogen-bond acceptors (Lipinski definition) is 4. The molecule has 2 aromatic rings. The minimum absolute atomic E-state index is 0.000446. The van der Waals surface area contributed by atoms with Gasteiger partial charge in [-0.25, -0.2) is 0 Å². The third kappa shape index (κ3) is 5.88. The molecule has 1 N–H and O–H groups in total. The molecule has 1 fully saturated rings. The fraction of sp³-hybridized carbons (Fsp3) is 0.350. The van der Waals surface area contributed by atoms with Crippen molar-refractivity contribution in [2.45, 2.75) is 48.4 Å². The Morgan fingerprint density at radius 3 is 2.44 bits per heavy atom. The number of benzene rings is 2. The summed E-state index contributed by atoms with van der Waals surface area (Å²) in [6, 6.07) is 20.1. The summed E-state index contributed by atoms with van der Waals surface area (Å²) in [5.74, 6) is -0.836. The van der Waals surface area contributed by atoms with Crippen molar-refractivity contribution in [3.8, 4) is 0 Å². The van der Waals surface area contributed by atoms with E-state index >= 15 is 0 Å². The molecule has 0 aliphatic carbocycles. The molecular weight excluding hydrogens is 336 g/mol. The van der Waals surface area contributed by atoms with E-state index < -0.39 is 5.97 Å². The molecule has 5 heteroatoms. The molecule has 1 aliphatic heterocycles. The Morgan fingerprint density at radius 2 is 1.76 bits per heavy atom. The van der Waals surface area contributed by atoms with Gasteiger partial charge >= 0.3 is 5.97 Å². The maximum atomic E-state index is 11.1. The summed E-state index contributed by atoms with van der Waals surface area (Å²) in [5, 5.41) is 9.11. The van der Waals surface area contributed by atoms with Crippen LogP contribution >= 0.6 is 11.8 Å². The van der Waals surface area contributed by atoms with Gasteiger partial charge in [0.25, 0.3) is 0 Å². The summed E-state index contributed by atoms with van der Waals surface area (Å²) in [5.41, 5.74) is 1.03. The number of carboxylic acids is 1. The van der Waals surface area contributed by atoms with E-state index in [1.807, 2.05) is 60.7 Å². The highest BCUT2D eigenvalue weighted by Gasteiger charge is 2.32. The number of rotatable bonds is 7. The van der Waals surface area contributed by atoms with E-state index in [1.165, 1.54) is 0 Å². The molecule has 132 valence electrons. The largest absolute Gasteiger partial charge is 0.481 e. The van der Waals surface area contributed by atoms with Crippen LogP contribution in [-0.4, -0.2) is 28.7 Å². The molecule has 1 heterocycles. The van der Waals surface area contributed by atoms with Crippen molar-refractivity contribution in [2.24, 2.45) is 0 Å². The summed E-state index contributed by atoms with van der Waals surface area (Å²) >= 11 is 1.63. The summed E-state index contributed by atoms with van der Waals surface area (Å²) in [6.45, 7) is 0.536. The molecular formula is C20H22O4S. The second kappa shape index (κ2) is 9.04. The van der Waals surface area contributed by atoms with Gasteiger partial charge in [-0.1, -0.05) is 60.3 Å². The number of ether oxygens (including phenoxy) is 2. The summed E-state index contributed by atoms with van der Waals surface area (Å²) < 4.78 is 12.0. The van der Waals surface area contributed by atoms with Gasteiger partial charge in [-0.3, -0.25) is 4.79 Å². The van der Waals surface area contributed by atoms with E-state index in [0.29, 0.717) is 13.0 Å². The minimum atomic E-state index is -0.836. The van der Waals surface area contributed by atoms with Crippen molar-refractivity contribution < 1.29 is 19.4 Å². The maximum Gasteiger partial charge on any atom is 0.305 e. The number of thioether (sulfide) groups is 1. The summed E-state index contributed by atoms with van der Waals surface area (Å²) in [6.07, 6.45) is 1.07. The molecule has 0 bridgehead atoms. The van der Waals surface area contributed by atoms with Crippen LogP contribution in [0.4, 0.5) is 0 Å². The zero-order valence-electron chi connectivity index (χ0n) is 13.9. The lowest BCUT2D eigenvalue weighted by atomic mass is 10.0. The molecule has 0 aromatic heterocycles. The Labute approximate surface area is 152 Å². The Balaban J connectivity index is 1.61. The lowest BCUT2D eigenvalue weighted by Gasteiger charge is -2.34. The summed E-state index contributed by atoms with van der Waals surface area (Å²) in [4.78, 5) is 12.2. The molecule has 1 saturated heterocycles. The number of carboxylic acid groups (broad SMARTS) is 1. The summed E-state index contributed by atoms with van der Waals surface area (Å²) in [7, 11) is 0. The first-order chi connectivity index (χ1) is 12.2. The molecule has 0 saturated carbocycles. The lowest BCUT2D eigenvalue weighted by Crippen LogP contribution is -2.36. The lowest BCUT2D eigenvalue weighted by molar-refractivity contribution is -0.145. The van der Waals surface area contributed by atoms with Crippen LogP contribution < -0.4 is 0 Å². The SMILES string of the molecule is O=C(O)C[C@@H]1C[C@H](OCc2ccccc2)C[C@@H](Sc2ccccc2)O1. The second-order valence-electron chi connectivity index (χ2n) is 6.11. The van der Waals surface area contributed by atoms with Gasteiger partial charge in [0.15, 0.2) is 0 Å². The highest BCUT2D eigenvalue weighted by Crippen LogP contribution is 2.34. The molecule has 2 aromatic carbocycles. The first-order valence-corrected chi connectivity index (χ1v) is 9.31. The van der Waals surface area contributed by atoms with Gasteiger partial charge in [0.05, 0.1) is 25.2 Å². The van der Waals surface area contributed by atoms with Crippen LogP contribution in [0.1, 0.15) is 24.8 Å². The third-order valence-electron chi connectivity index (χ3n) is 4.07. The molecule has 0 amide bonds. The van der Waals surface area contributed by atoms with Crippen molar-refractivity contribution in [3.05, 3.63) is 66.2 Å². The van der Waals surface area contributed by atoms with Crippen LogP contribution in [0.25, 0.3) is 0 Å². The van der Waals surface area contributed by atoms with Gasteiger partial charge in [-0.05, 0) is 17.7 Å². The van der Waals surface area contributed by atoms with Crippen molar-refractivity contribution >= 4 is 17.7 Å². The van der Waals surface area contributed by atoms with E-state index in [0.717, 1.165) is 16.9 Å². The first-order valence-electron chi connectivity index (χ1n) is 8.43. The van der Waals surface area contributed by atoms with Crippen LogP contribution in [0.5, 0.6) is 0 Å². The normalized spacial score (nSPS) is 23.3. The van der Waals surface area contributed by atoms with Crippen LogP contribution in [0.3, 0.4) is 0 Å². The monoisotopic (exact) mass is 358 g/mol. The average Bonchev–Trinajstić information content (AvgIpc) is 2.61. The molecule has 3 atom stereocenters. The molecule has 3 rings (SSSR count). The molecule has 25 heavy (non-hydrogen) atoms. The third-order valence-corrected chi connectivity index (χ3v) is 5.18. The first kappa shape index (κ1) is 18.0. The standard InChI is InChI=1S/C20H22O4S/c21-19(22)12-17-11-16(23-14-15-7-3-1-4-8-15)13-20(24-17)25-18-9-5-2-6-10-18/h1-10,16-17,20H,11-14H2,(H,21,22)/t16-,17-,20+/m0/s1. The van der Waals surface area contributed by atoms with Crippen LogP contribution in [0.2, 0.25) is 0 Å². The van der Waals surface area contributed by atoms with Crippen molar-refractivity contribution in [1.29, 1.82) is 0 Å². The van der Waals surface area contributed by atoms with E-state index in [-0.39, 0.29) is 24.1 Å². The highest BCUT2D eigenvalue weighted by molar-refractivity contribution is 7.99. The van der Waals surface area contributed by atoms with Gasteiger partial charge < -0.3 is 14.6 Å². The van der Waals surface area contributed by atoms with Gasteiger partial charge in [0.2, 0.25) is 0 Å². The zero-order valence-corrected chi connectivity index (χ0v) is 14.7. The average molecular weight is 358 g/mol. The van der Waals surface area contributed by atoms with Crippen molar-refractivity contribution in [1.82, 2.24) is 0 Å². The van der Waals surface area contributed by atoms with Crippen LogP contribution in [0, 0.1) is 0 Å². The smallest absolute Gasteiger partial charge is 0.305 e. The fourth-order valence-electron chi connectivity index (χ4n) is 2.91. The topological polar surface area (TPSA) is 55.8 Å². The predicted octanol–water partition coefficient (Wildman–Crippen LogP) is 4.34. The van der Waals surface area contributed by atoms with Crippen LogP contribution in [-0.2, 0) is 20.9 Å². The van der Waals surface area contributed by atoms with E-state index in [9.17, 15) is 4.79 Å². The highest BCUT2D eigenvalue weighted by atomic mass is 32.2. The van der Waals surface area contributed by atoms with Gasteiger partial charge in [0.1, 0.15) is 5.44 Å². The van der Waals surface area contributed by atoms with Crippen molar-refractivity contribution in [2.75, 3.05) is 0 Å². The Bertz CT molecular complexity index is 662. The van der Waals surface area contributed by atoms with E-state index in [2.05, 4.69) is 0 Å². The molecule has 0 radical (unpaired) electrons. The molecule has 0 unspecified atom stereocenters. The number of carbonyl (C=O) groups is 1. The fourth-order valence-corrected chi connectivity index (χ4v) is 4.05. The number of aliphatic carboxylic acids is 1. The zero-order chi connectivity index (χ0) is 17.5. The van der Waals surface area contributed by atoms with E-state index in [1.54, 1.807) is 11.8 Å². The maximum absolute atomic E-state index is 11.1. The van der Waals surface area contributed by atoms with Crippen LogP contribution in [0.15, 0.2) is 65.6 Å². The Morgan fingerprint density at radius 1 is 1.08 bits per heavy atom. The van der Waals surface area contributed by atoms with E-state index in [4.69, 9.17) is 14.6 Å². The quantitative estimate of drug-likeness (QED) is 0.798. The molecule has 0 spiro atoms. The van der Waals surface area contributed by atoms with Gasteiger partial charge in [0, 0.05) is 17.7 Å². The Kier molecular flexibility index (Phi) is 6.50. The Hall–Kier alpha value is -1.82. The molecule has 4 nitrogen and oxygen atoms in total.